The molecule has 190 valence electrons. The van der Waals surface area contributed by atoms with Crippen LogP contribution in [0.2, 0.25) is 0 Å². The zero-order valence-corrected chi connectivity index (χ0v) is 20.2. The first-order valence-corrected chi connectivity index (χ1v) is 12.0. The van der Waals surface area contributed by atoms with Gasteiger partial charge >= 0.3 is 0 Å². The zero-order chi connectivity index (χ0) is 25.7. The van der Waals surface area contributed by atoms with Gasteiger partial charge in [-0.05, 0) is 18.1 Å². The number of carbonyl (C=O) groups excluding carboxylic acids is 4. The molecule has 0 bridgehead atoms. The molecule has 0 aromatic heterocycles. The van der Waals surface area contributed by atoms with Crippen LogP contribution >= 0.6 is 0 Å². The second-order valence-corrected chi connectivity index (χ2v) is 9.32. The highest BCUT2D eigenvalue weighted by Crippen LogP contribution is 2.41. The van der Waals surface area contributed by atoms with Crippen molar-refractivity contribution in [2.45, 2.75) is 43.7 Å². The Morgan fingerprint density at radius 3 is 2.53 bits per heavy atom. The lowest BCUT2D eigenvalue weighted by atomic mass is 9.75. The number of likely N-dealkylation sites (tertiary alicyclic amines) is 1. The van der Waals surface area contributed by atoms with Crippen molar-refractivity contribution >= 4 is 23.6 Å². The fourth-order valence-electron chi connectivity index (χ4n) is 5.01. The number of ether oxygens (including phenoxy) is 1. The summed E-state index contributed by atoms with van der Waals surface area (Å²) in [5.41, 5.74) is -0.739. The summed E-state index contributed by atoms with van der Waals surface area (Å²) >= 11 is 0. The molecule has 8 nitrogen and oxygen atoms in total. The van der Waals surface area contributed by atoms with Crippen molar-refractivity contribution in [3.05, 3.63) is 71.5 Å². The van der Waals surface area contributed by atoms with Gasteiger partial charge in [-0.3, -0.25) is 24.1 Å². The van der Waals surface area contributed by atoms with Crippen LogP contribution in [0.1, 0.15) is 36.8 Å². The molecule has 2 aliphatic rings. The third-order valence-electron chi connectivity index (χ3n) is 6.86. The van der Waals surface area contributed by atoms with Gasteiger partial charge in [-0.25, -0.2) is 4.39 Å². The number of hydrogen-bond donors (Lipinski definition) is 1. The van der Waals surface area contributed by atoms with Gasteiger partial charge in [0.25, 0.3) is 0 Å². The van der Waals surface area contributed by atoms with Crippen molar-refractivity contribution in [1.29, 1.82) is 0 Å². The van der Waals surface area contributed by atoms with E-state index in [1.54, 1.807) is 11.0 Å². The predicted octanol–water partition coefficient (Wildman–Crippen LogP) is 2.17. The van der Waals surface area contributed by atoms with Gasteiger partial charge < -0.3 is 15.0 Å². The number of methoxy groups -OCH3 is 1. The molecule has 0 saturated carbocycles. The van der Waals surface area contributed by atoms with Gasteiger partial charge in [-0.2, -0.15) is 0 Å². The molecule has 2 fully saturated rings. The van der Waals surface area contributed by atoms with E-state index in [1.807, 2.05) is 30.3 Å². The summed E-state index contributed by atoms with van der Waals surface area (Å²) in [5.74, 6) is -2.17. The van der Waals surface area contributed by atoms with Crippen molar-refractivity contribution in [3.63, 3.8) is 0 Å². The lowest BCUT2D eigenvalue weighted by Crippen LogP contribution is -2.47. The quantitative estimate of drug-likeness (QED) is 0.510. The van der Waals surface area contributed by atoms with Crippen LogP contribution in [-0.4, -0.2) is 66.3 Å². The molecule has 2 heterocycles. The number of nitrogens with one attached hydrogen (secondary N) is 1. The Kier molecular flexibility index (Phi) is 7.79. The summed E-state index contributed by atoms with van der Waals surface area (Å²) < 4.78 is 20.1. The molecule has 2 aromatic rings. The standard InChI is InChI=1S/C27H30FN3O5/c1-36-14-13-31-25(34)16-27(26(31)35,21-9-5-6-10-22(21)28)15-24(33)30(17-19-7-3-2-4-8-19)18-20-11-12-23(32)29-20/h2-10,20H,11-18H2,1H3,(H,29,32)/t20-,27-/m0/s1. The van der Waals surface area contributed by atoms with Crippen LogP contribution < -0.4 is 5.32 Å². The molecule has 0 unspecified atom stereocenters. The molecular weight excluding hydrogens is 465 g/mol. The van der Waals surface area contributed by atoms with Crippen molar-refractivity contribution < 1.29 is 28.3 Å². The van der Waals surface area contributed by atoms with Crippen LogP contribution in [-0.2, 0) is 35.9 Å². The van der Waals surface area contributed by atoms with E-state index < -0.39 is 29.0 Å². The highest BCUT2D eigenvalue weighted by molar-refractivity contribution is 6.10. The lowest BCUT2D eigenvalue weighted by molar-refractivity contribution is -0.143. The Bertz CT molecular complexity index is 1140. The Morgan fingerprint density at radius 1 is 1.14 bits per heavy atom. The van der Waals surface area contributed by atoms with Crippen molar-refractivity contribution in [2.24, 2.45) is 0 Å². The molecule has 0 radical (unpaired) electrons. The van der Waals surface area contributed by atoms with Gasteiger partial charge in [0.05, 0.1) is 18.6 Å². The van der Waals surface area contributed by atoms with Gasteiger partial charge in [-0.15, -0.1) is 0 Å². The summed E-state index contributed by atoms with van der Waals surface area (Å²) in [6.07, 6.45) is 0.313. The number of imide groups is 1. The van der Waals surface area contributed by atoms with Gasteiger partial charge in [0.2, 0.25) is 23.6 Å². The third kappa shape index (κ3) is 5.31. The van der Waals surface area contributed by atoms with E-state index in [1.165, 1.54) is 25.3 Å². The highest BCUT2D eigenvalue weighted by atomic mass is 19.1. The number of carbonyl (C=O) groups is 4. The molecule has 9 heteroatoms. The summed E-state index contributed by atoms with van der Waals surface area (Å²) in [5, 5.41) is 2.88. The summed E-state index contributed by atoms with van der Waals surface area (Å²) in [7, 11) is 1.46. The maximum absolute atomic E-state index is 15.1. The number of benzene rings is 2. The maximum atomic E-state index is 15.1. The van der Waals surface area contributed by atoms with E-state index in [4.69, 9.17) is 4.74 Å². The molecule has 2 atom stereocenters. The second-order valence-electron chi connectivity index (χ2n) is 9.32. The molecule has 0 aliphatic carbocycles. The Morgan fingerprint density at radius 2 is 1.86 bits per heavy atom. The minimum atomic E-state index is -1.65. The summed E-state index contributed by atoms with van der Waals surface area (Å²) in [6, 6.07) is 14.9. The van der Waals surface area contributed by atoms with Crippen LogP contribution in [0.15, 0.2) is 54.6 Å². The topological polar surface area (TPSA) is 96.0 Å². The van der Waals surface area contributed by atoms with Crippen LogP contribution in [0.5, 0.6) is 0 Å². The van der Waals surface area contributed by atoms with E-state index in [9.17, 15) is 19.2 Å². The van der Waals surface area contributed by atoms with E-state index in [0.717, 1.165) is 10.5 Å². The van der Waals surface area contributed by atoms with Crippen LogP contribution in [0.4, 0.5) is 4.39 Å². The van der Waals surface area contributed by atoms with E-state index in [0.29, 0.717) is 12.8 Å². The minimum Gasteiger partial charge on any atom is -0.383 e. The molecule has 2 aliphatic heterocycles. The first kappa shape index (κ1) is 25.5. The molecule has 36 heavy (non-hydrogen) atoms. The molecular formula is C27H30FN3O5. The molecule has 0 spiro atoms. The summed E-state index contributed by atoms with van der Waals surface area (Å²) in [6.45, 7) is 0.679. The van der Waals surface area contributed by atoms with Gasteiger partial charge in [0, 0.05) is 51.1 Å². The molecule has 4 amide bonds. The predicted molar refractivity (Wildman–Crippen MR) is 129 cm³/mol. The molecule has 1 N–H and O–H groups in total. The van der Waals surface area contributed by atoms with Gasteiger partial charge in [0.15, 0.2) is 0 Å². The second kappa shape index (κ2) is 11.0. The number of halogens is 1. The Balaban J connectivity index is 1.66. The van der Waals surface area contributed by atoms with Crippen LogP contribution in [0, 0.1) is 5.82 Å². The number of hydrogen-bond acceptors (Lipinski definition) is 5. The van der Waals surface area contributed by atoms with Crippen LogP contribution in [0.25, 0.3) is 0 Å². The van der Waals surface area contributed by atoms with E-state index in [2.05, 4.69) is 5.32 Å². The lowest BCUT2D eigenvalue weighted by Gasteiger charge is -2.32. The van der Waals surface area contributed by atoms with E-state index in [-0.39, 0.29) is 56.6 Å². The highest BCUT2D eigenvalue weighted by Gasteiger charge is 2.55. The average Bonchev–Trinajstić information content (AvgIpc) is 3.38. The van der Waals surface area contributed by atoms with Crippen molar-refractivity contribution in [1.82, 2.24) is 15.1 Å². The molecule has 4 rings (SSSR count). The Hall–Kier alpha value is -3.59. The smallest absolute Gasteiger partial charge is 0.241 e. The van der Waals surface area contributed by atoms with Crippen molar-refractivity contribution in [2.75, 3.05) is 26.8 Å². The fraction of sp³-hybridized carbons (Fsp3) is 0.407. The monoisotopic (exact) mass is 495 g/mol. The number of nitrogens with zero attached hydrogens (tertiary/aromatic N) is 2. The first-order valence-electron chi connectivity index (χ1n) is 12.0. The maximum Gasteiger partial charge on any atom is 0.241 e. The Labute approximate surface area is 209 Å². The molecule has 2 aromatic carbocycles. The largest absolute Gasteiger partial charge is 0.383 e. The first-order chi connectivity index (χ1) is 17.3. The zero-order valence-electron chi connectivity index (χ0n) is 20.2. The van der Waals surface area contributed by atoms with Crippen molar-refractivity contribution in [3.8, 4) is 0 Å². The third-order valence-corrected chi connectivity index (χ3v) is 6.86. The van der Waals surface area contributed by atoms with Gasteiger partial charge in [-0.1, -0.05) is 48.5 Å². The molecule has 2 saturated heterocycles. The average molecular weight is 496 g/mol. The van der Waals surface area contributed by atoms with E-state index >= 15 is 4.39 Å². The SMILES string of the molecule is COCCN1C(=O)C[C@@](CC(=O)N(Cc2ccccc2)C[C@@H]2CCC(=O)N2)(c2ccccc2F)C1=O. The van der Waals surface area contributed by atoms with Crippen LogP contribution in [0.3, 0.4) is 0 Å². The normalized spacial score (nSPS) is 21.7. The number of amides is 4. The minimum absolute atomic E-state index is 0.0282. The number of rotatable bonds is 10. The summed E-state index contributed by atoms with van der Waals surface area (Å²) in [4.78, 5) is 54.8. The fourth-order valence-corrected chi connectivity index (χ4v) is 5.01. The van der Waals surface area contributed by atoms with Gasteiger partial charge in [0.1, 0.15) is 5.82 Å².